The number of carbonyl (C=O) groups excluding carboxylic acids is 1. The van der Waals surface area contributed by atoms with Crippen molar-refractivity contribution >= 4 is 74.7 Å². The molecule has 0 saturated carbocycles. The number of nitrogen functional groups attached to an aromatic ring is 1. The van der Waals surface area contributed by atoms with Gasteiger partial charge in [-0.05, 0) is 29.8 Å². The van der Waals surface area contributed by atoms with E-state index in [0.717, 1.165) is 21.8 Å². The quantitative estimate of drug-likeness (QED) is 0.188. The minimum atomic E-state index is -0.287. The second-order valence-electron chi connectivity index (χ2n) is 5.54. The molecule has 3 rings (SSSR count). The van der Waals surface area contributed by atoms with Crippen molar-refractivity contribution in [2.24, 2.45) is 5.10 Å². The number of nitrogens with zero attached hydrogens (tertiary/aromatic N) is 4. The molecule has 1 heterocycles. The fraction of sp³-hybridized carbons (Fsp3) is 0.0588. The molecule has 1 aromatic heterocycles. The first kappa shape index (κ1) is 21.4. The van der Waals surface area contributed by atoms with Gasteiger partial charge in [-0.1, -0.05) is 69.1 Å². The summed E-state index contributed by atoms with van der Waals surface area (Å²) < 4.78 is 2.19. The van der Waals surface area contributed by atoms with Crippen LogP contribution in [0.3, 0.4) is 0 Å². The molecule has 3 aromatic rings. The number of hydrogen-bond donors (Lipinski definition) is 3. The van der Waals surface area contributed by atoms with Gasteiger partial charge in [0.25, 0.3) is 5.95 Å². The Kier molecular flexibility index (Phi) is 7.37. The highest BCUT2D eigenvalue weighted by Crippen LogP contribution is 2.29. The summed E-state index contributed by atoms with van der Waals surface area (Å²) >= 11 is 16.5. The van der Waals surface area contributed by atoms with Crippen LogP contribution in [0.25, 0.3) is 0 Å². The summed E-state index contributed by atoms with van der Waals surface area (Å²) in [4.78, 5) is 12.1. The highest BCUT2D eigenvalue weighted by atomic mass is 79.9. The first-order chi connectivity index (χ1) is 13.9. The Morgan fingerprint density at radius 3 is 2.76 bits per heavy atom. The summed E-state index contributed by atoms with van der Waals surface area (Å²) in [6, 6.07) is 12.6. The van der Waals surface area contributed by atoms with E-state index in [1.54, 1.807) is 24.4 Å². The number of rotatable bonds is 7. The van der Waals surface area contributed by atoms with E-state index < -0.39 is 0 Å². The van der Waals surface area contributed by atoms with Crippen molar-refractivity contribution in [1.82, 2.24) is 14.9 Å². The Hall–Kier alpha value is -2.27. The number of hydrogen-bond acceptors (Lipinski definition) is 7. The summed E-state index contributed by atoms with van der Waals surface area (Å²) in [6.45, 7) is 0. The molecule has 0 fully saturated rings. The second-order valence-corrected chi connectivity index (χ2v) is 8.18. The maximum atomic E-state index is 12.1. The van der Waals surface area contributed by atoms with Crippen LogP contribution >= 0.6 is 50.9 Å². The van der Waals surface area contributed by atoms with E-state index >= 15 is 0 Å². The summed E-state index contributed by atoms with van der Waals surface area (Å²) in [5.74, 6) is 5.95. The van der Waals surface area contributed by atoms with Crippen molar-refractivity contribution in [3.05, 3.63) is 62.5 Å². The molecule has 0 aliphatic carbocycles. The van der Waals surface area contributed by atoms with Crippen LogP contribution in [0.2, 0.25) is 10.0 Å². The van der Waals surface area contributed by atoms with E-state index in [-0.39, 0.29) is 22.6 Å². The number of hydrazone groups is 1. The number of nitrogens with two attached hydrogens (primary N) is 1. The molecule has 29 heavy (non-hydrogen) atoms. The molecule has 0 saturated heterocycles. The van der Waals surface area contributed by atoms with Gasteiger partial charge in [0.15, 0.2) is 0 Å². The van der Waals surface area contributed by atoms with Gasteiger partial charge >= 0.3 is 0 Å². The third-order valence-electron chi connectivity index (χ3n) is 3.47. The third-order valence-corrected chi connectivity index (χ3v) is 5.76. The Labute approximate surface area is 189 Å². The topological polar surface area (TPSA) is 110 Å². The van der Waals surface area contributed by atoms with Gasteiger partial charge < -0.3 is 11.2 Å². The lowest BCUT2D eigenvalue weighted by Gasteiger charge is -2.07. The largest absolute Gasteiger partial charge is 0.334 e. The summed E-state index contributed by atoms with van der Waals surface area (Å²) in [5.41, 5.74) is 4.05. The van der Waals surface area contributed by atoms with Crippen LogP contribution in [0.15, 0.2) is 57.2 Å². The molecule has 2 aromatic carbocycles. The molecule has 0 aliphatic rings. The van der Waals surface area contributed by atoms with Gasteiger partial charge in [-0.3, -0.25) is 4.79 Å². The van der Waals surface area contributed by atoms with Gasteiger partial charge in [0.05, 0.1) is 27.7 Å². The lowest BCUT2D eigenvalue weighted by atomic mass is 10.2. The lowest BCUT2D eigenvalue weighted by molar-refractivity contribution is -0.113. The fourth-order valence-corrected chi connectivity index (χ4v) is 3.35. The number of amides is 1. The first-order valence-corrected chi connectivity index (χ1v) is 10.6. The number of halogens is 3. The van der Waals surface area contributed by atoms with E-state index in [2.05, 4.69) is 42.0 Å². The Balaban J connectivity index is 1.54. The second kappa shape index (κ2) is 9.97. The number of nitrogens with one attached hydrogen (secondary N) is 2. The Morgan fingerprint density at radius 1 is 1.24 bits per heavy atom. The zero-order chi connectivity index (χ0) is 20.8. The molecule has 4 N–H and O–H groups in total. The van der Waals surface area contributed by atoms with Crippen molar-refractivity contribution in [1.29, 1.82) is 0 Å². The molecule has 150 valence electrons. The molecule has 1 amide bonds. The zero-order valence-electron chi connectivity index (χ0n) is 14.6. The van der Waals surface area contributed by atoms with E-state index in [1.165, 1.54) is 4.68 Å². The molecule has 0 aliphatic heterocycles. The molecule has 12 heteroatoms. The Morgan fingerprint density at radius 2 is 2.00 bits per heavy atom. The van der Waals surface area contributed by atoms with Crippen LogP contribution in [-0.2, 0) is 4.79 Å². The van der Waals surface area contributed by atoms with Crippen molar-refractivity contribution in [3.8, 4) is 0 Å². The van der Waals surface area contributed by atoms with Gasteiger partial charge in [0, 0.05) is 4.47 Å². The maximum Gasteiger partial charge on any atom is 0.264 e. The minimum Gasteiger partial charge on any atom is -0.334 e. The molecule has 0 spiro atoms. The minimum absolute atomic E-state index is 0.0559. The van der Waals surface area contributed by atoms with Crippen molar-refractivity contribution in [2.75, 3.05) is 22.3 Å². The van der Waals surface area contributed by atoms with Crippen LogP contribution in [0.1, 0.15) is 5.56 Å². The number of carbonyl (C=O) groups is 1. The lowest BCUT2D eigenvalue weighted by Crippen LogP contribution is -2.17. The van der Waals surface area contributed by atoms with E-state index in [9.17, 15) is 4.79 Å². The maximum absolute atomic E-state index is 12.1. The number of thioether (sulfide) groups is 1. The van der Waals surface area contributed by atoms with Crippen molar-refractivity contribution in [2.45, 2.75) is 5.16 Å². The van der Waals surface area contributed by atoms with Gasteiger partial charge in [0.2, 0.25) is 11.1 Å². The number of anilines is 2. The van der Waals surface area contributed by atoms with Crippen LogP contribution in [0, 0.1) is 0 Å². The van der Waals surface area contributed by atoms with Gasteiger partial charge in [0.1, 0.15) is 0 Å². The summed E-state index contributed by atoms with van der Waals surface area (Å²) in [5, 5.41) is 15.6. The predicted molar refractivity (Wildman–Crippen MR) is 121 cm³/mol. The molecular formula is C17H14BrCl2N7OS. The fourth-order valence-electron chi connectivity index (χ4n) is 2.08. The van der Waals surface area contributed by atoms with E-state index in [4.69, 9.17) is 29.0 Å². The summed E-state index contributed by atoms with van der Waals surface area (Å²) in [6.07, 6.45) is 1.62. The van der Waals surface area contributed by atoms with Crippen molar-refractivity contribution < 1.29 is 4.79 Å². The SMILES string of the molecule is Nn1c(N/N=C/c2ccc(Br)cc2)nnc1SCC(=O)Nc1cccc(Cl)c1Cl. The zero-order valence-corrected chi connectivity index (χ0v) is 18.6. The predicted octanol–water partition coefficient (Wildman–Crippen LogP) is 4.24. The van der Waals surface area contributed by atoms with E-state index in [0.29, 0.717) is 15.9 Å². The Bertz CT molecular complexity index is 1040. The average molecular weight is 515 g/mol. The average Bonchev–Trinajstić information content (AvgIpc) is 3.05. The molecular weight excluding hydrogens is 501 g/mol. The normalized spacial score (nSPS) is 11.0. The van der Waals surface area contributed by atoms with Gasteiger partial charge in [-0.15, -0.1) is 10.2 Å². The third kappa shape index (κ3) is 5.86. The highest BCUT2D eigenvalue weighted by Gasteiger charge is 2.13. The van der Waals surface area contributed by atoms with Crippen LogP contribution in [0.4, 0.5) is 11.6 Å². The molecule has 8 nitrogen and oxygen atoms in total. The number of aromatic nitrogens is 3. The monoisotopic (exact) mass is 513 g/mol. The molecule has 0 unspecified atom stereocenters. The van der Waals surface area contributed by atoms with E-state index in [1.807, 2.05) is 24.3 Å². The highest BCUT2D eigenvalue weighted by molar-refractivity contribution is 9.10. The number of benzene rings is 2. The summed E-state index contributed by atoms with van der Waals surface area (Å²) in [7, 11) is 0. The smallest absolute Gasteiger partial charge is 0.264 e. The molecule has 0 atom stereocenters. The molecule has 0 bridgehead atoms. The van der Waals surface area contributed by atoms with Crippen LogP contribution < -0.4 is 16.6 Å². The van der Waals surface area contributed by atoms with Crippen LogP contribution in [0.5, 0.6) is 0 Å². The first-order valence-electron chi connectivity index (χ1n) is 8.06. The van der Waals surface area contributed by atoms with Crippen LogP contribution in [-0.4, -0.2) is 32.7 Å². The standard InChI is InChI=1S/C17H14BrCl2N7OS/c18-11-6-4-10(5-7-11)8-22-24-16-25-26-17(27(16)21)29-9-14(28)23-13-3-1-2-12(19)15(13)20/h1-8H,9,21H2,(H,23,28)(H,24,25)/b22-8+. The van der Waals surface area contributed by atoms with Gasteiger partial charge in [-0.2, -0.15) is 5.10 Å². The molecule has 0 radical (unpaired) electrons. The van der Waals surface area contributed by atoms with Gasteiger partial charge in [-0.25, -0.2) is 10.1 Å². The van der Waals surface area contributed by atoms with Crippen molar-refractivity contribution in [3.63, 3.8) is 0 Å².